The minimum Gasteiger partial charge on any atom is -0.388 e. The summed E-state index contributed by atoms with van der Waals surface area (Å²) in [6.45, 7) is 10.2. The monoisotopic (exact) mass is 227 g/mol. The van der Waals surface area contributed by atoms with Crippen molar-refractivity contribution in [2.24, 2.45) is 5.92 Å². The van der Waals surface area contributed by atoms with E-state index in [1.54, 1.807) is 0 Å². The average molecular weight is 227 g/mol. The van der Waals surface area contributed by atoms with Crippen LogP contribution in [0.1, 0.15) is 40.5 Å². The third-order valence-corrected chi connectivity index (χ3v) is 4.19. The lowest BCUT2D eigenvalue weighted by atomic mass is 9.74. The molecule has 94 valence electrons. The molecule has 0 amide bonds. The van der Waals surface area contributed by atoms with Crippen molar-refractivity contribution in [3.63, 3.8) is 0 Å². The van der Waals surface area contributed by atoms with Crippen LogP contribution >= 0.6 is 0 Å². The van der Waals surface area contributed by atoms with Crippen molar-refractivity contribution in [3.05, 3.63) is 0 Å². The predicted molar refractivity (Wildman–Crippen MR) is 64.4 cm³/mol. The second-order valence-electron chi connectivity index (χ2n) is 6.81. The Morgan fingerprint density at radius 3 is 2.25 bits per heavy atom. The van der Waals surface area contributed by atoms with Crippen LogP contribution in [0, 0.1) is 5.92 Å². The standard InChI is InChI=1S/C13H25NO2/c1-11(2)8-10(12(3,4)16-11)13(15)6-7-14(5)9-13/h10,15H,6-9H2,1-5H3. The van der Waals surface area contributed by atoms with Crippen LogP contribution in [0.2, 0.25) is 0 Å². The Balaban J connectivity index is 2.21. The van der Waals surface area contributed by atoms with Crippen LogP contribution in [0.15, 0.2) is 0 Å². The van der Waals surface area contributed by atoms with Gasteiger partial charge in [-0.3, -0.25) is 0 Å². The summed E-state index contributed by atoms with van der Waals surface area (Å²) >= 11 is 0. The van der Waals surface area contributed by atoms with Crippen LogP contribution < -0.4 is 0 Å². The summed E-state index contributed by atoms with van der Waals surface area (Å²) < 4.78 is 6.08. The molecule has 2 saturated heterocycles. The Morgan fingerprint density at radius 2 is 1.88 bits per heavy atom. The molecule has 0 aromatic carbocycles. The molecule has 2 atom stereocenters. The normalized spacial score (nSPS) is 42.8. The van der Waals surface area contributed by atoms with Crippen LogP contribution in [0.4, 0.5) is 0 Å². The molecule has 2 aliphatic heterocycles. The van der Waals surface area contributed by atoms with Crippen LogP contribution in [0.3, 0.4) is 0 Å². The van der Waals surface area contributed by atoms with E-state index >= 15 is 0 Å². The van der Waals surface area contributed by atoms with Crippen molar-refractivity contribution in [1.29, 1.82) is 0 Å². The number of rotatable bonds is 1. The lowest BCUT2D eigenvalue weighted by Gasteiger charge is -2.37. The zero-order valence-electron chi connectivity index (χ0n) is 11.2. The van der Waals surface area contributed by atoms with Gasteiger partial charge in [-0.15, -0.1) is 0 Å². The third-order valence-electron chi connectivity index (χ3n) is 4.19. The molecule has 0 aromatic heterocycles. The van der Waals surface area contributed by atoms with Gasteiger partial charge in [0.25, 0.3) is 0 Å². The molecule has 0 saturated carbocycles. The Hall–Kier alpha value is -0.120. The highest BCUT2D eigenvalue weighted by atomic mass is 16.5. The van der Waals surface area contributed by atoms with E-state index in [-0.39, 0.29) is 17.1 Å². The first kappa shape index (κ1) is 12.3. The van der Waals surface area contributed by atoms with E-state index in [0.29, 0.717) is 0 Å². The lowest BCUT2D eigenvalue weighted by molar-refractivity contribution is -0.109. The highest BCUT2D eigenvalue weighted by molar-refractivity contribution is 5.06. The second-order valence-corrected chi connectivity index (χ2v) is 6.81. The fourth-order valence-corrected chi connectivity index (χ4v) is 3.69. The topological polar surface area (TPSA) is 32.7 Å². The number of likely N-dealkylation sites (tertiary alicyclic amines) is 1. The summed E-state index contributed by atoms with van der Waals surface area (Å²) in [7, 11) is 2.08. The zero-order valence-corrected chi connectivity index (χ0v) is 11.2. The van der Waals surface area contributed by atoms with Gasteiger partial charge in [-0.2, -0.15) is 0 Å². The van der Waals surface area contributed by atoms with Crippen molar-refractivity contribution in [2.75, 3.05) is 20.1 Å². The molecule has 0 bridgehead atoms. The fraction of sp³-hybridized carbons (Fsp3) is 1.00. The number of β-amino-alcohol motifs (C(OH)–C–C–N with tert-alkyl or cyclic N) is 1. The van der Waals surface area contributed by atoms with E-state index in [9.17, 15) is 5.11 Å². The van der Waals surface area contributed by atoms with Crippen LogP contribution in [0.25, 0.3) is 0 Å². The van der Waals surface area contributed by atoms with Crippen molar-refractivity contribution < 1.29 is 9.84 Å². The minimum atomic E-state index is -0.563. The van der Waals surface area contributed by atoms with Gasteiger partial charge in [-0.1, -0.05) is 0 Å². The van der Waals surface area contributed by atoms with Gasteiger partial charge < -0.3 is 14.7 Å². The SMILES string of the molecule is CN1CCC(O)(C2CC(C)(C)OC2(C)C)C1. The van der Waals surface area contributed by atoms with Crippen molar-refractivity contribution in [2.45, 2.75) is 57.3 Å². The Morgan fingerprint density at radius 1 is 1.25 bits per heavy atom. The largest absolute Gasteiger partial charge is 0.388 e. The summed E-state index contributed by atoms with van der Waals surface area (Å²) in [6.07, 6.45) is 1.82. The number of hydrogen-bond acceptors (Lipinski definition) is 3. The van der Waals surface area contributed by atoms with E-state index in [1.807, 2.05) is 0 Å². The Labute approximate surface area is 98.8 Å². The van der Waals surface area contributed by atoms with E-state index in [1.165, 1.54) is 0 Å². The Kier molecular flexibility index (Phi) is 2.65. The van der Waals surface area contributed by atoms with E-state index in [0.717, 1.165) is 25.9 Å². The molecule has 0 radical (unpaired) electrons. The highest BCUT2D eigenvalue weighted by Crippen LogP contribution is 2.49. The molecule has 3 heteroatoms. The molecule has 0 aliphatic carbocycles. The molecular weight excluding hydrogens is 202 g/mol. The molecule has 2 unspecified atom stereocenters. The maximum Gasteiger partial charge on any atom is 0.0842 e. The summed E-state index contributed by atoms with van der Waals surface area (Å²) in [5, 5.41) is 10.8. The van der Waals surface area contributed by atoms with Crippen LogP contribution in [-0.2, 0) is 4.74 Å². The average Bonchev–Trinajstić information content (AvgIpc) is 2.51. The first-order chi connectivity index (χ1) is 7.15. The van der Waals surface area contributed by atoms with Crippen LogP contribution in [-0.4, -0.2) is 46.9 Å². The molecule has 3 nitrogen and oxygen atoms in total. The molecule has 2 fully saturated rings. The van der Waals surface area contributed by atoms with Gasteiger partial charge in [-0.05, 0) is 47.6 Å². The summed E-state index contributed by atoms with van der Waals surface area (Å²) in [6, 6.07) is 0. The lowest BCUT2D eigenvalue weighted by Crippen LogP contribution is -2.48. The number of likely N-dealkylation sites (N-methyl/N-ethyl adjacent to an activating group) is 1. The first-order valence-electron chi connectivity index (χ1n) is 6.26. The molecule has 0 spiro atoms. The quantitative estimate of drug-likeness (QED) is 0.739. The van der Waals surface area contributed by atoms with Crippen molar-refractivity contribution >= 4 is 0 Å². The fourth-order valence-electron chi connectivity index (χ4n) is 3.69. The number of hydrogen-bond donors (Lipinski definition) is 1. The van der Waals surface area contributed by atoms with Crippen molar-refractivity contribution in [1.82, 2.24) is 4.90 Å². The van der Waals surface area contributed by atoms with E-state index in [2.05, 4.69) is 39.6 Å². The number of nitrogens with zero attached hydrogens (tertiary/aromatic N) is 1. The second kappa shape index (κ2) is 3.44. The summed E-state index contributed by atoms with van der Waals surface area (Å²) in [5.41, 5.74) is -0.888. The third kappa shape index (κ3) is 2.01. The minimum absolute atomic E-state index is 0.106. The Bertz CT molecular complexity index is 288. The molecule has 1 N–H and O–H groups in total. The molecule has 0 aromatic rings. The summed E-state index contributed by atoms with van der Waals surface area (Å²) in [4.78, 5) is 2.21. The zero-order chi connectivity index (χ0) is 12.2. The van der Waals surface area contributed by atoms with Gasteiger partial charge in [0.15, 0.2) is 0 Å². The smallest absolute Gasteiger partial charge is 0.0842 e. The van der Waals surface area contributed by atoms with Gasteiger partial charge in [0, 0.05) is 19.0 Å². The van der Waals surface area contributed by atoms with Gasteiger partial charge in [0.05, 0.1) is 16.8 Å². The van der Waals surface area contributed by atoms with Crippen LogP contribution in [0.5, 0.6) is 0 Å². The highest BCUT2D eigenvalue weighted by Gasteiger charge is 2.56. The van der Waals surface area contributed by atoms with Gasteiger partial charge in [-0.25, -0.2) is 0 Å². The predicted octanol–water partition coefficient (Wildman–Crippen LogP) is 1.65. The van der Waals surface area contributed by atoms with Crippen molar-refractivity contribution in [3.8, 4) is 0 Å². The van der Waals surface area contributed by atoms with E-state index in [4.69, 9.17) is 4.74 Å². The number of ether oxygens (including phenoxy) is 1. The number of aliphatic hydroxyl groups is 1. The molecule has 2 rings (SSSR count). The molecule has 2 heterocycles. The van der Waals surface area contributed by atoms with Gasteiger partial charge >= 0.3 is 0 Å². The molecular formula is C13H25NO2. The van der Waals surface area contributed by atoms with Gasteiger partial charge in [0.2, 0.25) is 0 Å². The maximum absolute atomic E-state index is 10.8. The molecule has 16 heavy (non-hydrogen) atoms. The molecule has 2 aliphatic rings. The first-order valence-corrected chi connectivity index (χ1v) is 6.26. The summed E-state index contributed by atoms with van der Waals surface area (Å²) in [5.74, 6) is 0.236. The van der Waals surface area contributed by atoms with E-state index < -0.39 is 5.60 Å². The van der Waals surface area contributed by atoms with Gasteiger partial charge in [0.1, 0.15) is 0 Å². The maximum atomic E-state index is 10.8.